The van der Waals surface area contributed by atoms with Crippen molar-refractivity contribution >= 4 is 46.4 Å². The molecular weight excluding hydrogens is 430 g/mol. The Hall–Kier alpha value is -2.64. The summed E-state index contributed by atoms with van der Waals surface area (Å²) in [6.07, 6.45) is 4.31. The average Bonchev–Trinajstić information content (AvgIpc) is 3.06. The zero-order valence-corrected chi connectivity index (χ0v) is 17.4. The molecule has 3 aromatic rings. The van der Waals surface area contributed by atoms with Crippen LogP contribution < -0.4 is 10.6 Å². The minimum atomic E-state index is -0.458. The number of benzene rings is 1. The van der Waals surface area contributed by atoms with E-state index in [0.29, 0.717) is 42.7 Å². The van der Waals surface area contributed by atoms with Gasteiger partial charge in [0.15, 0.2) is 10.8 Å². The van der Waals surface area contributed by atoms with Crippen LogP contribution in [0, 0.1) is 11.7 Å². The number of imidazole rings is 1. The number of fused-ring (bicyclic) bond motifs is 1. The molecule has 156 valence electrons. The standard InChI is InChI=1S/C21H19Cl2FN4O2/c22-15-11-13(24)6-9-16(15)26-20(29)12-4-7-14(8-5-12)25-21(30)18-19(23)27-17-3-1-2-10-28(17)18/h1-3,6,9-12,14H,4-5,7-8H2,(H,25,30)(H,26,29). The quantitative estimate of drug-likeness (QED) is 0.606. The molecule has 0 aliphatic heterocycles. The van der Waals surface area contributed by atoms with Crippen molar-refractivity contribution in [2.24, 2.45) is 5.92 Å². The number of carbonyl (C=O) groups excluding carboxylic acids is 2. The highest BCUT2D eigenvalue weighted by Crippen LogP contribution is 2.28. The number of anilines is 1. The number of halogens is 3. The van der Waals surface area contributed by atoms with E-state index in [-0.39, 0.29) is 33.9 Å². The van der Waals surface area contributed by atoms with Gasteiger partial charge in [0.1, 0.15) is 11.5 Å². The monoisotopic (exact) mass is 448 g/mol. The van der Waals surface area contributed by atoms with Gasteiger partial charge in [-0.2, -0.15) is 0 Å². The maximum Gasteiger partial charge on any atom is 0.271 e. The number of nitrogens with one attached hydrogen (secondary N) is 2. The van der Waals surface area contributed by atoms with Gasteiger partial charge in [-0.15, -0.1) is 0 Å². The zero-order valence-electron chi connectivity index (χ0n) is 15.9. The van der Waals surface area contributed by atoms with Crippen molar-refractivity contribution in [3.63, 3.8) is 0 Å². The van der Waals surface area contributed by atoms with Gasteiger partial charge in [0.25, 0.3) is 5.91 Å². The van der Waals surface area contributed by atoms with Crippen molar-refractivity contribution in [1.29, 1.82) is 0 Å². The lowest BCUT2D eigenvalue weighted by Gasteiger charge is -2.28. The molecular formula is C21H19Cl2FN4O2. The maximum atomic E-state index is 13.2. The van der Waals surface area contributed by atoms with Crippen LogP contribution in [0.25, 0.3) is 5.65 Å². The Labute approximate surface area is 182 Å². The first-order chi connectivity index (χ1) is 14.4. The molecule has 2 N–H and O–H groups in total. The van der Waals surface area contributed by atoms with Crippen LogP contribution in [0.5, 0.6) is 0 Å². The van der Waals surface area contributed by atoms with Crippen LogP contribution in [-0.4, -0.2) is 27.2 Å². The molecule has 0 unspecified atom stereocenters. The van der Waals surface area contributed by atoms with E-state index in [1.165, 1.54) is 12.1 Å². The molecule has 0 saturated heterocycles. The van der Waals surface area contributed by atoms with Gasteiger partial charge in [-0.25, -0.2) is 9.37 Å². The molecule has 1 aliphatic rings. The third-order valence-corrected chi connectivity index (χ3v) is 5.90. The van der Waals surface area contributed by atoms with Crippen LogP contribution in [0.1, 0.15) is 36.2 Å². The molecule has 30 heavy (non-hydrogen) atoms. The number of carbonyl (C=O) groups is 2. The van der Waals surface area contributed by atoms with Gasteiger partial charge in [-0.3, -0.25) is 14.0 Å². The Morgan fingerprint density at radius 2 is 1.87 bits per heavy atom. The van der Waals surface area contributed by atoms with Crippen molar-refractivity contribution in [1.82, 2.24) is 14.7 Å². The Bertz CT molecular complexity index is 1110. The first kappa shape index (κ1) is 20.6. The van der Waals surface area contributed by atoms with Crippen molar-refractivity contribution in [2.75, 3.05) is 5.32 Å². The molecule has 1 saturated carbocycles. The fourth-order valence-corrected chi connectivity index (χ4v) is 4.23. The molecule has 2 aromatic heterocycles. The minimum Gasteiger partial charge on any atom is -0.348 e. The van der Waals surface area contributed by atoms with Gasteiger partial charge in [-0.1, -0.05) is 29.3 Å². The molecule has 0 atom stereocenters. The summed E-state index contributed by atoms with van der Waals surface area (Å²) in [7, 11) is 0. The molecule has 4 rings (SSSR count). The third-order valence-electron chi connectivity index (χ3n) is 5.32. The molecule has 1 aromatic carbocycles. The molecule has 1 aliphatic carbocycles. The summed E-state index contributed by atoms with van der Waals surface area (Å²) in [4.78, 5) is 29.5. The summed E-state index contributed by atoms with van der Waals surface area (Å²) in [6.45, 7) is 0. The van der Waals surface area contributed by atoms with Gasteiger partial charge in [0, 0.05) is 18.2 Å². The second-order valence-electron chi connectivity index (χ2n) is 7.32. The molecule has 0 spiro atoms. The lowest BCUT2D eigenvalue weighted by atomic mass is 9.85. The van der Waals surface area contributed by atoms with Crippen molar-refractivity contribution < 1.29 is 14.0 Å². The van der Waals surface area contributed by atoms with E-state index in [2.05, 4.69) is 15.6 Å². The van der Waals surface area contributed by atoms with Gasteiger partial charge in [0.05, 0.1) is 10.7 Å². The SMILES string of the molecule is O=C(NC1CCC(C(=O)Nc2ccc(F)cc2Cl)CC1)c1c(Cl)nc2ccccn12. The second-order valence-corrected chi connectivity index (χ2v) is 8.08. The Morgan fingerprint density at radius 1 is 1.10 bits per heavy atom. The van der Waals surface area contributed by atoms with Crippen LogP contribution in [0.2, 0.25) is 10.2 Å². The number of pyridine rings is 1. The Kier molecular flexibility index (Phi) is 5.92. The Balaban J connectivity index is 1.34. The minimum absolute atomic E-state index is 0.0544. The highest BCUT2D eigenvalue weighted by Gasteiger charge is 2.29. The molecule has 6 nitrogen and oxygen atoms in total. The first-order valence-electron chi connectivity index (χ1n) is 9.61. The van der Waals surface area contributed by atoms with E-state index in [0.717, 1.165) is 6.07 Å². The van der Waals surface area contributed by atoms with Gasteiger partial charge < -0.3 is 10.6 Å². The third kappa shape index (κ3) is 4.27. The number of amides is 2. The summed E-state index contributed by atoms with van der Waals surface area (Å²) in [5, 5.41) is 6.08. The highest BCUT2D eigenvalue weighted by atomic mass is 35.5. The fraction of sp³-hybridized carbons (Fsp3) is 0.286. The fourth-order valence-electron chi connectivity index (χ4n) is 3.75. The van der Waals surface area contributed by atoms with Gasteiger partial charge >= 0.3 is 0 Å². The smallest absolute Gasteiger partial charge is 0.271 e. The molecule has 0 radical (unpaired) electrons. The highest BCUT2D eigenvalue weighted by molar-refractivity contribution is 6.33. The zero-order chi connectivity index (χ0) is 21.3. The number of hydrogen-bond acceptors (Lipinski definition) is 3. The van der Waals surface area contributed by atoms with E-state index in [9.17, 15) is 14.0 Å². The summed E-state index contributed by atoms with van der Waals surface area (Å²) < 4.78 is 14.8. The molecule has 1 fully saturated rings. The van der Waals surface area contributed by atoms with E-state index < -0.39 is 5.82 Å². The van der Waals surface area contributed by atoms with Crippen LogP contribution in [0.15, 0.2) is 42.6 Å². The number of nitrogens with zero attached hydrogens (tertiary/aromatic N) is 2. The Morgan fingerprint density at radius 3 is 2.60 bits per heavy atom. The predicted octanol–water partition coefficient (Wildman–Crippen LogP) is 4.71. The van der Waals surface area contributed by atoms with Crippen molar-refractivity contribution in [3.8, 4) is 0 Å². The molecule has 9 heteroatoms. The molecule has 2 amide bonds. The normalized spacial score (nSPS) is 18.9. The largest absolute Gasteiger partial charge is 0.348 e. The van der Waals surface area contributed by atoms with Crippen molar-refractivity contribution in [2.45, 2.75) is 31.7 Å². The van der Waals surface area contributed by atoms with E-state index >= 15 is 0 Å². The first-order valence-corrected chi connectivity index (χ1v) is 10.4. The maximum absolute atomic E-state index is 13.2. The lowest BCUT2D eigenvalue weighted by Crippen LogP contribution is -2.40. The van der Waals surface area contributed by atoms with Gasteiger partial charge in [0.2, 0.25) is 5.91 Å². The molecule has 0 bridgehead atoms. The number of aromatic nitrogens is 2. The van der Waals surface area contributed by atoms with Crippen LogP contribution in [0.3, 0.4) is 0 Å². The lowest BCUT2D eigenvalue weighted by molar-refractivity contribution is -0.120. The van der Waals surface area contributed by atoms with Crippen LogP contribution in [0.4, 0.5) is 10.1 Å². The van der Waals surface area contributed by atoms with E-state index in [1.807, 2.05) is 6.07 Å². The van der Waals surface area contributed by atoms with Crippen molar-refractivity contribution in [3.05, 3.63) is 64.3 Å². The number of rotatable bonds is 4. The average molecular weight is 449 g/mol. The molecule has 2 heterocycles. The van der Waals surface area contributed by atoms with Gasteiger partial charge in [-0.05, 0) is 56.0 Å². The predicted molar refractivity (Wildman–Crippen MR) is 113 cm³/mol. The summed E-state index contributed by atoms with van der Waals surface area (Å²) in [5.41, 5.74) is 1.30. The second kappa shape index (κ2) is 8.62. The topological polar surface area (TPSA) is 75.5 Å². The van der Waals surface area contributed by atoms with E-state index in [1.54, 1.807) is 22.7 Å². The summed E-state index contributed by atoms with van der Waals surface area (Å²) in [6, 6.07) is 9.21. The van der Waals surface area contributed by atoms with Crippen LogP contribution >= 0.6 is 23.2 Å². The summed E-state index contributed by atoms with van der Waals surface area (Å²) >= 11 is 12.1. The van der Waals surface area contributed by atoms with E-state index in [4.69, 9.17) is 23.2 Å². The number of hydrogen-bond donors (Lipinski definition) is 2. The van der Waals surface area contributed by atoms with Crippen LogP contribution in [-0.2, 0) is 4.79 Å². The summed E-state index contributed by atoms with van der Waals surface area (Å²) in [5.74, 6) is -1.10.